The number of carbonyl (C=O) groups is 1. The van der Waals surface area contributed by atoms with Gasteiger partial charge in [0.25, 0.3) is 0 Å². The third-order valence-electron chi connectivity index (χ3n) is 4.87. The van der Waals surface area contributed by atoms with Gasteiger partial charge in [-0.1, -0.05) is 48.2 Å². The van der Waals surface area contributed by atoms with Crippen molar-refractivity contribution in [2.24, 2.45) is 7.05 Å². The summed E-state index contributed by atoms with van der Waals surface area (Å²) in [5.41, 5.74) is 2.93. The maximum absolute atomic E-state index is 12.5. The molecule has 0 atom stereocenters. The van der Waals surface area contributed by atoms with E-state index in [0.717, 1.165) is 33.5 Å². The van der Waals surface area contributed by atoms with E-state index in [-0.39, 0.29) is 11.7 Å². The zero-order chi connectivity index (χ0) is 21.1. The number of hydrogen-bond donors (Lipinski definition) is 1. The van der Waals surface area contributed by atoms with Crippen LogP contribution in [-0.2, 0) is 11.8 Å². The molecule has 30 heavy (non-hydrogen) atoms. The molecule has 3 aromatic carbocycles. The van der Waals surface area contributed by atoms with Gasteiger partial charge < -0.3 is 14.8 Å². The zero-order valence-corrected chi connectivity index (χ0v) is 18.0. The highest BCUT2D eigenvalue weighted by molar-refractivity contribution is 7.99. The van der Waals surface area contributed by atoms with Crippen molar-refractivity contribution in [3.63, 3.8) is 0 Å². The first-order chi connectivity index (χ1) is 14.5. The number of nitrogens with zero attached hydrogens (tertiary/aromatic N) is 4. The quantitative estimate of drug-likeness (QED) is 0.470. The molecule has 0 fully saturated rings. The van der Waals surface area contributed by atoms with E-state index in [1.54, 1.807) is 0 Å². The molecule has 1 N–H and O–H groups in total. The molecular formula is C23H23N5OS. The van der Waals surface area contributed by atoms with Crippen LogP contribution in [0.2, 0.25) is 0 Å². The van der Waals surface area contributed by atoms with Crippen LogP contribution in [-0.4, -0.2) is 40.5 Å². The average molecular weight is 418 g/mol. The lowest BCUT2D eigenvalue weighted by Gasteiger charge is -2.12. The molecule has 0 saturated carbocycles. The Hall–Kier alpha value is -3.32. The predicted octanol–water partition coefficient (Wildman–Crippen LogP) is 4.43. The predicted molar refractivity (Wildman–Crippen MR) is 124 cm³/mol. The van der Waals surface area contributed by atoms with Crippen molar-refractivity contribution < 1.29 is 4.79 Å². The van der Waals surface area contributed by atoms with Crippen molar-refractivity contribution in [3.8, 4) is 11.4 Å². The lowest BCUT2D eigenvalue weighted by molar-refractivity contribution is -0.113. The van der Waals surface area contributed by atoms with Gasteiger partial charge in [0.05, 0.1) is 5.75 Å². The second-order valence-electron chi connectivity index (χ2n) is 7.17. The Balaban J connectivity index is 1.43. The minimum atomic E-state index is -0.0729. The number of carbonyl (C=O) groups excluding carboxylic acids is 1. The van der Waals surface area contributed by atoms with Crippen LogP contribution in [0.5, 0.6) is 0 Å². The lowest BCUT2D eigenvalue weighted by Crippen LogP contribution is -2.14. The molecule has 0 aliphatic carbocycles. The van der Waals surface area contributed by atoms with Gasteiger partial charge in [-0.05, 0) is 35.7 Å². The summed E-state index contributed by atoms with van der Waals surface area (Å²) in [7, 11) is 5.94. The second kappa shape index (κ2) is 8.59. The van der Waals surface area contributed by atoms with Crippen LogP contribution in [0.3, 0.4) is 0 Å². The van der Waals surface area contributed by atoms with E-state index in [1.165, 1.54) is 11.8 Å². The van der Waals surface area contributed by atoms with Crippen molar-refractivity contribution in [2.75, 3.05) is 30.1 Å². The van der Waals surface area contributed by atoms with Crippen molar-refractivity contribution >= 4 is 39.8 Å². The molecule has 4 aromatic rings. The maximum Gasteiger partial charge on any atom is 0.234 e. The van der Waals surface area contributed by atoms with E-state index < -0.39 is 0 Å². The van der Waals surface area contributed by atoms with Gasteiger partial charge in [-0.15, -0.1) is 10.2 Å². The van der Waals surface area contributed by atoms with Gasteiger partial charge in [-0.3, -0.25) is 4.79 Å². The van der Waals surface area contributed by atoms with Gasteiger partial charge in [-0.2, -0.15) is 0 Å². The Kier molecular flexibility index (Phi) is 5.72. The van der Waals surface area contributed by atoms with E-state index in [1.807, 2.05) is 80.3 Å². The van der Waals surface area contributed by atoms with Crippen molar-refractivity contribution in [2.45, 2.75) is 5.16 Å². The first-order valence-electron chi connectivity index (χ1n) is 9.60. The summed E-state index contributed by atoms with van der Waals surface area (Å²) in [6.07, 6.45) is 0. The van der Waals surface area contributed by atoms with Gasteiger partial charge in [0.2, 0.25) is 5.91 Å². The third-order valence-corrected chi connectivity index (χ3v) is 5.89. The lowest BCUT2D eigenvalue weighted by atomic mass is 10.1. The van der Waals surface area contributed by atoms with E-state index >= 15 is 0 Å². The Morgan fingerprint density at radius 2 is 1.73 bits per heavy atom. The number of nitrogens with one attached hydrogen (secondary N) is 1. The molecule has 0 saturated heterocycles. The molecule has 0 spiro atoms. The molecule has 152 valence electrons. The largest absolute Gasteiger partial charge is 0.378 e. The topological polar surface area (TPSA) is 63.1 Å². The Labute approximate surface area is 179 Å². The Morgan fingerprint density at radius 1 is 1.00 bits per heavy atom. The average Bonchev–Trinajstić information content (AvgIpc) is 3.13. The van der Waals surface area contributed by atoms with Gasteiger partial charge in [0.1, 0.15) is 0 Å². The number of thioether (sulfide) groups is 1. The van der Waals surface area contributed by atoms with E-state index in [4.69, 9.17) is 0 Å². The summed E-state index contributed by atoms with van der Waals surface area (Å²) in [5, 5.41) is 14.4. The van der Waals surface area contributed by atoms with E-state index in [0.29, 0.717) is 5.16 Å². The molecule has 7 heteroatoms. The van der Waals surface area contributed by atoms with Crippen molar-refractivity contribution in [1.82, 2.24) is 14.8 Å². The number of anilines is 2. The second-order valence-corrected chi connectivity index (χ2v) is 8.11. The fourth-order valence-corrected chi connectivity index (χ4v) is 3.96. The molecule has 0 unspecified atom stereocenters. The molecule has 6 nitrogen and oxygen atoms in total. The Morgan fingerprint density at radius 3 is 2.50 bits per heavy atom. The molecular weight excluding hydrogens is 394 g/mol. The smallest absolute Gasteiger partial charge is 0.234 e. The van der Waals surface area contributed by atoms with Crippen LogP contribution in [0.4, 0.5) is 11.4 Å². The number of rotatable bonds is 6. The molecule has 1 amide bonds. The summed E-state index contributed by atoms with van der Waals surface area (Å²) in [4.78, 5) is 14.6. The SMILES string of the molecule is CN(C)c1ccc(-c2nnc(SCC(=O)Nc3cccc4ccccc34)n2C)cc1. The highest BCUT2D eigenvalue weighted by Crippen LogP contribution is 2.26. The van der Waals surface area contributed by atoms with Crippen LogP contribution < -0.4 is 10.2 Å². The number of benzene rings is 3. The highest BCUT2D eigenvalue weighted by atomic mass is 32.2. The van der Waals surface area contributed by atoms with Crippen molar-refractivity contribution in [1.29, 1.82) is 0 Å². The molecule has 0 aliphatic rings. The first kappa shape index (κ1) is 20.0. The minimum Gasteiger partial charge on any atom is -0.378 e. The number of aromatic nitrogens is 3. The van der Waals surface area contributed by atoms with Crippen LogP contribution in [0.15, 0.2) is 71.9 Å². The normalized spacial score (nSPS) is 10.9. The van der Waals surface area contributed by atoms with Crippen LogP contribution >= 0.6 is 11.8 Å². The van der Waals surface area contributed by atoms with Crippen molar-refractivity contribution in [3.05, 3.63) is 66.7 Å². The number of amides is 1. The maximum atomic E-state index is 12.5. The molecule has 4 rings (SSSR count). The molecule has 0 bridgehead atoms. The van der Waals surface area contributed by atoms with Gasteiger partial charge in [-0.25, -0.2) is 0 Å². The van der Waals surface area contributed by atoms with E-state index in [2.05, 4.69) is 32.5 Å². The zero-order valence-electron chi connectivity index (χ0n) is 17.2. The van der Waals surface area contributed by atoms with Crippen LogP contribution in [0.25, 0.3) is 22.2 Å². The fraction of sp³-hybridized carbons (Fsp3) is 0.174. The molecule has 0 radical (unpaired) electrons. The third kappa shape index (κ3) is 4.16. The highest BCUT2D eigenvalue weighted by Gasteiger charge is 2.14. The molecule has 0 aliphatic heterocycles. The standard InChI is InChI=1S/C23H23N5OS/c1-27(2)18-13-11-17(12-14-18)22-25-26-23(28(22)3)30-15-21(29)24-20-10-6-8-16-7-4-5-9-19(16)20/h4-14H,15H2,1-3H3,(H,24,29). The first-order valence-corrected chi connectivity index (χ1v) is 10.6. The molecule has 1 heterocycles. The number of fused-ring (bicyclic) bond motifs is 1. The summed E-state index contributed by atoms with van der Waals surface area (Å²) in [6, 6.07) is 22.1. The minimum absolute atomic E-state index is 0.0729. The van der Waals surface area contributed by atoms with E-state index in [9.17, 15) is 4.79 Å². The molecule has 1 aromatic heterocycles. The van der Waals surface area contributed by atoms with Crippen LogP contribution in [0.1, 0.15) is 0 Å². The summed E-state index contributed by atoms with van der Waals surface area (Å²) in [5.74, 6) is 0.961. The summed E-state index contributed by atoms with van der Waals surface area (Å²) in [6.45, 7) is 0. The monoisotopic (exact) mass is 417 g/mol. The summed E-state index contributed by atoms with van der Waals surface area (Å²) >= 11 is 1.37. The fourth-order valence-electron chi connectivity index (χ4n) is 3.25. The number of hydrogen-bond acceptors (Lipinski definition) is 5. The van der Waals surface area contributed by atoms with Gasteiger partial charge in [0, 0.05) is 43.5 Å². The van der Waals surface area contributed by atoms with Gasteiger partial charge >= 0.3 is 0 Å². The Bertz CT molecular complexity index is 1180. The van der Waals surface area contributed by atoms with Crippen LogP contribution in [0, 0.1) is 0 Å². The summed E-state index contributed by atoms with van der Waals surface area (Å²) < 4.78 is 1.92. The van der Waals surface area contributed by atoms with Gasteiger partial charge in [0.15, 0.2) is 11.0 Å².